The third kappa shape index (κ3) is 5.87. The summed E-state index contributed by atoms with van der Waals surface area (Å²) < 4.78 is 0.694. The van der Waals surface area contributed by atoms with E-state index in [-0.39, 0.29) is 11.7 Å². The number of hydrogen-bond acceptors (Lipinski definition) is 6. The predicted molar refractivity (Wildman–Crippen MR) is 111 cm³/mol. The van der Waals surface area contributed by atoms with Crippen molar-refractivity contribution in [1.82, 2.24) is 10.2 Å². The summed E-state index contributed by atoms with van der Waals surface area (Å²) in [6, 6.07) is 5.85. The molecule has 3 rings (SSSR count). The molecule has 0 bridgehead atoms. The van der Waals surface area contributed by atoms with Crippen molar-refractivity contribution >= 4 is 39.9 Å². The van der Waals surface area contributed by atoms with Gasteiger partial charge in [0.05, 0.1) is 5.75 Å². The van der Waals surface area contributed by atoms with Crippen molar-refractivity contribution in [3.63, 3.8) is 0 Å². The lowest BCUT2D eigenvalue weighted by atomic mass is 10.0. The summed E-state index contributed by atoms with van der Waals surface area (Å²) in [4.78, 5) is 24.5. The molecule has 0 radical (unpaired) electrons. The average molecular weight is 404 g/mol. The fraction of sp³-hybridized carbons (Fsp3) is 0.500. The Morgan fingerprint density at radius 3 is 2.74 bits per heavy atom. The van der Waals surface area contributed by atoms with Crippen LogP contribution in [-0.4, -0.2) is 27.6 Å². The van der Waals surface area contributed by atoms with Crippen molar-refractivity contribution < 1.29 is 9.59 Å². The van der Waals surface area contributed by atoms with Crippen LogP contribution in [0.1, 0.15) is 60.0 Å². The Morgan fingerprint density at radius 2 is 2.00 bits per heavy atom. The summed E-state index contributed by atoms with van der Waals surface area (Å²) in [5, 5.41) is 11.4. The van der Waals surface area contributed by atoms with Gasteiger partial charge >= 0.3 is 0 Å². The number of nitrogens with one attached hydrogen (secondary N) is 1. The lowest BCUT2D eigenvalue weighted by Crippen LogP contribution is -2.12. The number of Topliss-reactive ketones (excluding diaryl/α,β-unsaturated/α-hetero) is 1. The molecule has 1 aliphatic carbocycles. The molecule has 1 fully saturated rings. The first-order valence-electron chi connectivity index (χ1n) is 9.38. The van der Waals surface area contributed by atoms with Crippen molar-refractivity contribution in [2.75, 3.05) is 11.1 Å². The van der Waals surface area contributed by atoms with Gasteiger partial charge in [-0.1, -0.05) is 72.5 Å². The van der Waals surface area contributed by atoms with Crippen LogP contribution in [0.4, 0.5) is 5.13 Å². The van der Waals surface area contributed by atoms with Gasteiger partial charge in [0.15, 0.2) is 10.1 Å². The Morgan fingerprint density at radius 1 is 1.22 bits per heavy atom. The molecule has 0 spiro atoms. The molecule has 7 heteroatoms. The van der Waals surface area contributed by atoms with Crippen LogP contribution < -0.4 is 5.32 Å². The first-order valence-corrected chi connectivity index (χ1v) is 11.2. The maximum Gasteiger partial charge on any atom is 0.226 e. The van der Waals surface area contributed by atoms with Crippen LogP contribution >= 0.6 is 23.1 Å². The lowest BCUT2D eigenvalue weighted by Gasteiger charge is -2.07. The Labute approximate surface area is 168 Å². The minimum atomic E-state index is 0.000886. The number of rotatable bonds is 8. The molecule has 0 atom stereocenters. The van der Waals surface area contributed by atoms with Crippen LogP contribution in [0.15, 0.2) is 22.5 Å². The van der Waals surface area contributed by atoms with E-state index in [1.54, 1.807) is 0 Å². The van der Waals surface area contributed by atoms with Crippen molar-refractivity contribution in [2.24, 2.45) is 5.92 Å². The van der Waals surface area contributed by atoms with E-state index in [1.165, 1.54) is 48.8 Å². The van der Waals surface area contributed by atoms with Crippen molar-refractivity contribution in [1.29, 1.82) is 0 Å². The van der Waals surface area contributed by atoms with Crippen LogP contribution in [0.5, 0.6) is 0 Å². The largest absolute Gasteiger partial charge is 0.301 e. The van der Waals surface area contributed by atoms with E-state index in [2.05, 4.69) is 15.5 Å². The summed E-state index contributed by atoms with van der Waals surface area (Å²) >= 11 is 2.68. The minimum absolute atomic E-state index is 0.000886. The fourth-order valence-corrected chi connectivity index (χ4v) is 5.12. The monoisotopic (exact) mass is 403 g/mol. The van der Waals surface area contributed by atoms with Crippen LogP contribution in [0.25, 0.3) is 0 Å². The number of carbonyl (C=O) groups is 2. The molecule has 1 aliphatic rings. The van der Waals surface area contributed by atoms with Gasteiger partial charge in [0.25, 0.3) is 0 Å². The normalized spacial score (nSPS) is 14.4. The van der Waals surface area contributed by atoms with Crippen LogP contribution in [0, 0.1) is 19.8 Å². The number of amides is 1. The molecule has 1 saturated carbocycles. The highest BCUT2D eigenvalue weighted by Gasteiger charge is 2.17. The number of aromatic nitrogens is 2. The first kappa shape index (κ1) is 20.0. The Balaban J connectivity index is 1.46. The smallest absolute Gasteiger partial charge is 0.226 e. The number of carbonyl (C=O) groups excluding carboxylic acids is 2. The van der Waals surface area contributed by atoms with Gasteiger partial charge in [-0.3, -0.25) is 9.59 Å². The SMILES string of the molecule is Cc1ccc(C(=O)CSc2nnc(NC(=O)CCC3CCCC3)s2)c(C)c1. The highest BCUT2D eigenvalue weighted by molar-refractivity contribution is 8.01. The van der Waals surface area contributed by atoms with E-state index in [4.69, 9.17) is 0 Å². The average Bonchev–Trinajstić information content (AvgIpc) is 3.30. The second-order valence-electron chi connectivity index (χ2n) is 7.14. The van der Waals surface area contributed by atoms with Gasteiger partial charge in [0.2, 0.25) is 11.0 Å². The molecule has 1 aromatic heterocycles. The zero-order valence-corrected chi connectivity index (χ0v) is 17.4. The molecule has 5 nitrogen and oxygen atoms in total. The minimum Gasteiger partial charge on any atom is -0.301 e. The van der Waals surface area contributed by atoms with Gasteiger partial charge in [0, 0.05) is 12.0 Å². The molecule has 2 aromatic rings. The topological polar surface area (TPSA) is 72.0 Å². The van der Waals surface area contributed by atoms with E-state index in [0.29, 0.717) is 27.6 Å². The van der Waals surface area contributed by atoms with Crippen molar-refractivity contribution in [2.45, 2.75) is 56.7 Å². The zero-order valence-electron chi connectivity index (χ0n) is 15.8. The second kappa shape index (κ2) is 9.46. The van der Waals surface area contributed by atoms with Gasteiger partial charge in [-0.25, -0.2) is 0 Å². The molecular weight excluding hydrogens is 378 g/mol. The summed E-state index contributed by atoms with van der Waals surface area (Å²) in [6.07, 6.45) is 6.59. The predicted octanol–water partition coefficient (Wildman–Crippen LogP) is 5.04. The summed E-state index contributed by atoms with van der Waals surface area (Å²) in [5.41, 5.74) is 2.89. The van der Waals surface area contributed by atoms with E-state index < -0.39 is 0 Å². The van der Waals surface area contributed by atoms with Crippen LogP contribution in [0.2, 0.25) is 0 Å². The van der Waals surface area contributed by atoms with Gasteiger partial charge in [-0.2, -0.15) is 0 Å². The molecule has 0 saturated heterocycles. The highest BCUT2D eigenvalue weighted by Crippen LogP contribution is 2.29. The molecule has 0 unspecified atom stereocenters. The van der Waals surface area contributed by atoms with Gasteiger partial charge in [-0.15, -0.1) is 10.2 Å². The lowest BCUT2D eigenvalue weighted by molar-refractivity contribution is -0.116. The summed E-state index contributed by atoms with van der Waals surface area (Å²) in [7, 11) is 0. The number of hydrogen-bond donors (Lipinski definition) is 1. The maximum atomic E-state index is 12.4. The quantitative estimate of drug-likeness (QED) is 0.380. The summed E-state index contributed by atoms with van der Waals surface area (Å²) in [5.74, 6) is 1.09. The number of benzene rings is 1. The fourth-order valence-electron chi connectivity index (χ4n) is 3.47. The molecule has 27 heavy (non-hydrogen) atoms. The maximum absolute atomic E-state index is 12.4. The molecule has 0 aliphatic heterocycles. The van der Waals surface area contributed by atoms with Gasteiger partial charge in [0.1, 0.15) is 0 Å². The number of thioether (sulfide) groups is 1. The Hall–Kier alpha value is -1.73. The van der Waals surface area contributed by atoms with E-state index in [0.717, 1.165) is 23.1 Å². The molecular formula is C20H25N3O2S2. The van der Waals surface area contributed by atoms with Crippen molar-refractivity contribution in [3.8, 4) is 0 Å². The van der Waals surface area contributed by atoms with Crippen LogP contribution in [0.3, 0.4) is 0 Å². The Bertz CT molecular complexity index is 813. The van der Waals surface area contributed by atoms with Crippen LogP contribution in [-0.2, 0) is 4.79 Å². The Kier molecular flexibility index (Phi) is 7.01. The molecule has 1 heterocycles. The molecule has 144 valence electrons. The van der Waals surface area contributed by atoms with E-state index in [1.807, 2.05) is 32.0 Å². The number of nitrogens with zero attached hydrogens (tertiary/aromatic N) is 2. The molecule has 1 N–H and O–H groups in total. The zero-order chi connectivity index (χ0) is 19.2. The number of aryl methyl sites for hydroxylation is 2. The highest BCUT2D eigenvalue weighted by atomic mass is 32.2. The first-order chi connectivity index (χ1) is 13.0. The molecule has 1 amide bonds. The number of anilines is 1. The molecule has 1 aromatic carbocycles. The van der Waals surface area contributed by atoms with Crippen molar-refractivity contribution in [3.05, 3.63) is 34.9 Å². The van der Waals surface area contributed by atoms with E-state index in [9.17, 15) is 9.59 Å². The van der Waals surface area contributed by atoms with Gasteiger partial charge in [-0.05, 0) is 31.7 Å². The summed E-state index contributed by atoms with van der Waals surface area (Å²) in [6.45, 7) is 3.97. The second-order valence-corrected chi connectivity index (χ2v) is 9.34. The van der Waals surface area contributed by atoms with E-state index >= 15 is 0 Å². The third-order valence-corrected chi connectivity index (χ3v) is 6.89. The standard InChI is InChI=1S/C20H25N3O2S2/c1-13-7-9-16(14(2)11-13)17(24)12-26-20-23-22-19(27-20)21-18(25)10-8-15-5-3-4-6-15/h7,9,11,15H,3-6,8,10,12H2,1-2H3,(H,21,22,25). The third-order valence-electron chi connectivity index (χ3n) is 4.92. The van der Waals surface area contributed by atoms with Gasteiger partial charge < -0.3 is 5.32 Å². The number of ketones is 1.